The van der Waals surface area contributed by atoms with Gasteiger partial charge in [-0.1, -0.05) is 19.9 Å². The van der Waals surface area contributed by atoms with Gasteiger partial charge >= 0.3 is 5.97 Å². The Morgan fingerprint density at radius 2 is 1.73 bits per heavy atom. The lowest BCUT2D eigenvalue weighted by Crippen LogP contribution is -2.53. The molecule has 8 atom stereocenters. The van der Waals surface area contributed by atoms with Gasteiger partial charge in [-0.15, -0.1) is 0 Å². The van der Waals surface area contributed by atoms with Crippen LogP contribution < -0.4 is 0 Å². The number of fused-ring (bicyclic) bond motifs is 5. The Morgan fingerprint density at radius 3 is 2.50 bits per heavy atom. The molecule has 4 fully saturated rings. The van der Waals surface area contributed by atoms with E-state index in [1.54, 1.807) is 6.08 Å². The van der Waals surface area contributed by atoms with Crippen LogP contribution in [0.2, 0.25) is 0 Å². The Hall–Kier alpha value is -0.830. The summed E-state index contributed by atoms with van der Waals surface area (Å²) >= 11 is 0. The van der Waals surface area contributed by atoms with Gasteiger partial charge in [-0.05, 0) is 98.2 Å². The van der Waals surface area contributed by atoms with E-state index >= 15 is 0 Å². The van der Waals surface area contributed by atoms with Crippen molar-refractivity contribution in [3.8, 4) is 0 Å². The van der Waals surface area contributed by atoms with Crippen LogP contribution >= 0.6 is 0 Å². The van der Waals surface area contributed by atoms with Crippen LogP contribution in [0.4, 0.5) is 0 Å². The van der Waals surface area contributed by atoms with E-state index < -0.39 is 0 Å². The predicted molar refractivity (Wildman–Crippen MR) is 102 cm³/mol. The molecule has 1 N–H and O–H groups in total. The zero-order valence-corrected chi connectivity index (χ0v) is 16.7. The Kier molecular flexibility index (Phi) is 4.74. The van der Waals surface area contributed by atoms with Crippen LogP contribution in [0.3, 0.4) is 0 Å². The molecule has 0 aromatic carbocycles. The SMILES string of the molecule is COC(=O)/C=C/[C@H]1CC[C@H]2[C@@H]3CC[C@@H]4C[C@@H](O)CC[C@]4(C)[C@H]3CC[C@]12C. The van der Waals surface area contributed by atoms with Gasteiger partial charge in [-0.25, -0.2) is 4.79 Å². The quantitative estimate of drug-likeness (QED) is 0.572. The summed E-state index contributed by atoms with van der Waals surface area (Å²) in [6, 6.07) is 0. The van der Waals surface area contributed by atoms with E-state index in [1.807, 2.05) is 0 Å². The highest BCUT2D eigenvalue weighted by Gasteiger charge is 2.59. The van der Waals surface area contributed by atoms with Crippen LogP contribution in [0.15, 0.2) is 12.2 Å². The van der Waals surface area contributed by atoms with E-state index in [0.717, 1.165) is 36.5 Å². The summed E-state index contributed by atoms with van der Waals surface area (Å²) in [4.78, 5) is 11.6. The number of esters is 1. The lowest BCUT2D eigenvalue weighted by molar-refractivity contribution is -0.135. The highest BCUT2D eigenvalue weighted by atomic mass is 16.5. The van der Waals surface area contributed by atoms with Crippen LogP contribution in [0, 0.1) is 40.4 Å². The van der Waals surface area contributed by atoms with Gasteiger partial charge in [0.05, 0.1) is 13.2 Å². The molecule has 4 aliphatic rings. The van der Waals surface area contributed by atoms with Crippen molar-refractivity contribution in [3.63, 3.8) is 0 Å². The number of ether oxygens (including phenoxy) is 1. The Labute approximate surface area is 158 Å². The second kappa shape index (κ2) is 6.65. The van der Waals surface area contributed by atoms with Gasteiger partial charge in [0.15, 0.2) is 0 Å². The summed E-state index contributed by atoms with van der Waals surface area (Å²) in [6.07, 6.45) is 14.8. The average molecular weight is 361 g/mol. The Morgan fingerprint density at radius 1 is 1.00 bits per heavy atom. The third-order valence-corrected chi connectivity index (χ3v) is 9.38. The maximum Gasteiger partial charge on any atom is 0.330 e. The summed E-state index contributed by atoms with van der Waals surface area (Å²) in [7, 11) is 1.46. The molecule has 4 rings (SSSR count). The van der Waals surface area contributed by atoms with Crippen LogP contribution in [-0.4, -0.2) is 24.3 Å². The highest BCUT2D eigenvalue weighted by molar-refractivity contribution is 5.81. The molecule has 0 aliphatic heterocycles. The second-order valence-electron chi connectivity index (χ2n) is 10.2. The lowest BCUT2D eigenvalue weighted by atomic mass is 9.44. The normalized spacial score (nSPS) is 50.8. The molecule has 0 radical (unpaired) electrons. The van der Waals surface area contributed by atoms with Crippen molar-refractivity contribution in [2.45, 2.75) is 77.7 Å². The molecule has 26 heavy (non-hydrogen) atoms. The average Bonchev–Trinajstić information content (AvgIpc) is 2.96. The molecule has 0 aromatic heterocycles. The van der Waals surface area contributed by atoms with Crippen LogP contribution in [0.5, 0.6) is 0 Å². The van der Waals surface area contributed by atoms with Gasteiger partial charge in [0.25, 0.3) is 0 Å². The molecule has 0 heterocycles. The monoisotopic (exact) mass is 360 g/mol. The third-order valence-electron chi connectivity index (χ3n) is 9.38. The zero-order chi connectivity index (χ0) is 18.5. The van der Waals surface area contributed by atoms with Crippen molar-refractivity contribution in [3.05, 3.63) is 12.2 Å². The summed E-state index contributed by atoms with van der Waals surface area (Å²) in [6.45, 7) is 5.04. The molecule has 0 aromatic rings. The summed E-state index contributed by atoms with van der Waals surface area (Å²) in [5.41, 5.74) is 0.798. The van der Waals surface area contributed by atoms with E-state index in [9.17, 15) is 9.90 Å². The Balaban J connectivity index is 1.54. The number of carbonyl (C=O) groups is 1. The molecule has 0 saturated heterocycles. The number of hydrogen-bond donors (Lipinski definition) is 1. The van der Waals surface area contributed by atoms with Crippen molar-refractivity contribution in [1.29, 1.82) is 0 Å². The highest BCUT2D eigenvalue weighted by Crippen LogP contribution is 2.67. The first-order valence-corrected chi connectivity index (χ1v) is 10.8. The number of methoxy groups -OCH3 is 1. The number of aliphatic hydroxyl groups excluding tert-OH is 1. The molecule has 146 valence electrons. The number of hydrogen-bond acceptors (Lipinski definition) is 3. The fraction of sp³-hybridized carbons (Fsp3) is 0.870. The van der Waals surface area contributed by atoms with Gasteiger partial charge in [0.1, 0.15) is 0 Å². The van der Waals surface area contributed by atoms with Crippen molar-refractivity contribution in [1.82, 2.24) is 0 Å². The number of aliphatic hydroxyl groups is 1. The molecule has 3 heteroatoms. The van der Waals surface area contributed by atoms with E-state index in [2.05, 4.69) is 19.9 Å². The fourth-order valence-electron chi connectivity index (χ4n) is 7.86. The van der Waals surface area contributed by atoms with E-state index in [4.69, 9.17) is 4.74 Å². The molecule has 4 saturated carbocycles. The Bertz CT molecular complexity index is 584. The summed E-state index contributed by atoms with van der Waals surface area (Å²) in [5.74, 6) is 3.52. The zero-order valence-electron chi connectivity index (χ0n) is 16.7. The molecular formula is C23H36O3. The first kappa shape index (κ1) is 18.5. The number of carbonyl (C=O) groups excluding carboxylic acids is 1. The van der Waals surface area contributed by atoms with Crippen molar-refractivity contribution < 1.29 is 14.6 Å². The molecule has 4 aliphatic carbocycles. The minimum atomic E-state index is -0.223. The number of allylic oxidation sites excluding steroid dienone is 1. The lowest BCUT2D eigenvalue weighted by Gasteiger charge is -2.60. The maximum absolute atomic E-state index is 11.6. The van der Waals surface area contributed by atoms with Crippen LogP contribution in [-0.2, 0) is 9.53 Å². The van der Waals surface area contributed by atoms with E-state index in [-0.39, 0.29) is 12.1 Å². The van der Waals surface area contributed by atoms with Crippen molar-refractivity contribution in [2.75, 3.05) is 7.11 Å². The molecule has 3 nitrogen and oxygen atoms in total. The van der Waals surface area contributed by atoms with Gasteiger partial charge < -0.3 is 9.84 Å². The van der Waals surface area contributed by atoms with Gasteiger partial charge in [0.2, 0.25) is 0 Å². The first-order chi connectivity index (χ1) is 12.4. The van der Waals surface area contributed by atoms with Gasteiger partial charge in [-0.2, -0.15) is 0 Å². The minimum Gasteiger partial charge on any atom is -0.466 e. The molecule has 0 unspecified atom stereocenters. The standard InChI is InChI=1S/C23H36O3/c1-22-13-11-20-18(7-4-16-14-17(24)10-12-23(16,20)2)19(22)8-5-15(22)6-9-21(25)26-3/h6,9,15-20,24H,4-5,7-8,10-14H2,1-3H3/b9-6+/t15-,16-,17+,18+,19+,20+,22-,23+/m1/s1. The van der Waals surface area contributed by atoms with Crippen LogP contribution in [0.1, 0.15) is 71.6 Å². The van der Waals surface area contributed by atoms with Crippen molar-refractivity contribution >= 4 is 5.97 Å². The van der Waals surface area contributed by atoms with Crippen LogP contribution in [0.25, 0.3) is 0 Å². The second-order valence-corrected chi connectivity index (χ2v) is 10.2. The largest absolute Gasteiger partial charge is 0.466 e. The fourth-order valence-corrected chi connectivity index (χ4v) is 7.86. The molecule has 0 bridgehead atoms. The van der Waals surface area contributed by atoms with E-state index in [1.165, 1.54) is 52.1 Å². The molecule has 0 amide bonds. The minimum absolute atomic E-state index is 0.0576. The predicted octanol–water partition coefficient (Wildman–Crippen LogP) is 4.74. The molecular weight excluding hydrogens is 324 g/mol. The maximum atomic E-state index is 11.6. The smallest absolute Gasteiger partial charge is 0.330 e. The summed E-state index contributed by atoms with van der Waals surface area (Å²) < 4.78 is 4.80. The van der Waals surface area contributed by atoms with Crippen molar-refractivity contribution in [2.24, 2.45) is 40.4 Å². The number of rotatable bonds is 2. The van der Waals surface area contributed by atoms with E-state index in [0.29, 0.717) is 16.7 Å². The van der Waals surface area contributed by atoms with Gasteiger partial charge in [0, 0.05) is 6.08 Å². The van der Waals surface area contributed by atoms with Gasteiger partial charge in [-0.3, -0.25) is 0 Å². The topological polar surface area (TPSA) is 46.5 Å². The first-order valence-electron chi connectivity index (χ1n) is 10.8. The third kappa shape index (κ3) is 2.77. The summed E-state index contributed by atoms with van der Waals surface area (Å²) in [5, 5.41) is 10.2. The molecule has 0 spiro atoms.